The smallest absolute Gasteiger partial charge is 0.0766 e. The van der Waals surface area contributed by atoms with E-state index in [2.05, 4.69) is 32.5 Å². The first kappa shape index (κ1) is 12.9. The zero-order valence-electron chi connectivity index (χ0n) is 9.47. The van der Waals surface area contributed by atoms with Gasteiger partial charge in [-0.05, 0) is 19.4 Å². The number of nitrogens with two attached hydrogens (primary N) is 1. The lowest BCUT2D eigenvalue weighted by Gasteiger charge is -2.23. The fourth-order valence-corrected chi connectivity index (χ4v) is 4.55. The average Bonchev–Trinajstić information content (AvgIpc) is 2.20. The number of unbranched alkanes of at least 4 members (excludes halogenated alkanes) is 1. The highest BCUT2D eigenvalue weighted by atomic mass is 28.3. The molecule has 2 N–H and O–H groups in total. The third-order valence-electron chi connectivity index (χ3n) is 3.16. The van der Waals surface area contributed by atoms with Gasteiger partial charge in [0.2, 0.25) is 0 Å². The van der Waals surface area contributed by atoms with Crippen LogP contribution in [0.2, 0.25) is 18.1 Å². The molecule has 0 fully saturated rings. The topological polar surface area (TPSA) is 26.0 Å². The minimum Gasteiger partial charge on any atom is -0.330 e. The molecule has 0 aromatic carbocycles. The lowest BCUT2D eigenvalue weighted by molar-refractivity contribution is 0.855. The molecule has 0 saturated carbocycles. The molecule has 0 unspecified atom stereocenters. The molecule has 78 valence electrons. The summed E-state index contributed by atoms with van der Waals surface area (Å²) in [7, 11) is -0.989. The molecule has 0 radical (unpaired) electrons. The third-order valence-corrected chi connectivity index (χ3v) is 8.33. The summed E-state index contributed by atoms with van der Waals surface area (Å²) in [5.41, 5.74) is 8.00. The first-order valence-electron chi connectivity index (χ1n) is 5.62. The van der Waals surface area contributed by atoms with Gasteiger partial charge in [0.15, 0.2) is 0 Å². The molecule has 0 bridgehead atoms. The van der Waals surface area contributed by atoms with Gasteiger partial charge in [-0.25, -0.2) is 0 Å². The van der Waals surface area contributed by atoms with Crippen LogP contribution in [0.3, 0.4) is 0 Å². The Morgan fingerprint density at radius 1 is 1.08 bits per heavy atom. The SMILES string of the molecule is CC[Si](/C=C/CCCN)(CC)CC. The van der Waals surface area contributed by atoms with Crippen LogP contribution in [0, 0.1) is 0 Å². The van der Waals surface area contributed by atoms with Gasteiger partial charge >= 0.3 is 0 Å². The molecule has 0 spiro atoms. The average molecular weight is 199 g/mol. The lowest BCUT2D eigenvalue weighted by atomic mass is 10.3. The van der Waals surface area contributed by atoms with Crippen LogP contribution in [0.5, 0.6) is 0 Å². The van der Waals surface area contributed by atoms with Gasteiger partial charge in [0.1, 0.15) is 0 Å². The molecule has 0 aromatic heterocycles. The van der Waals surface area contributed by atoms with E-state index in [9.17, 15) is 0 Å². The van der Waals surface area contributed by atoms with Gasteiger partial charge in [-0.2, -0.15) is 0 Å². The van der Waals surface area contributed by atoms with E-state index in [1.807, 2.05) is 0 Å². The Labute approximate surface area is 84.4 Å². The Bertz CT molecular complexity index is 131. The molecule has 0 aliphatic carbocycles. The second-order valence-electron chi connectivity index (χ2n) is 3.76. The van der Waals surface area contributed by atoms with Crippen molar-refractivity contribution < 1.29 is 0 Å². The van der Waals surface area contributed by atoms with Crippen molar-refractivity contribution in [1.29, 1.82) is 0 Å². The summed E-state index contributed by atoms with van der Waals surface area (Å²) in [6, 6.07) is 4.16. The monoisotopic (exact) mass is 199 g/mol. The van der Waals surface area contributed by atoms with Crippen molar-refractivity contribution >= 4 is 8.07 Å². The maximum atomic E-state index is 5.45. The fourth-order valence-electron chi connectivity index (χ4n) is 1.67. The minimum absolute atomic E-state index is 0.823. The molecule has 0 amide bonds. The third kappa shape index (κ3) is 4.63. The van der Waals surface area contributed by atoms with Crippen molar-refractivity contribution in [2.75, 3.05) is 6.54 Å². The van der Waals surface area contributed by atoms with Crippen LogP contribution in [0.1, 0.15) is 33.6 Å². The van der Waals surface area contributed by atoms with Crippen molar-refractivity contribution in [3.63, 3.8) is 0 Å². The van der Waals surface area contributed by atoms with Crippen LogP contribution >= 0.6 is 0 Å². The molecule has 2 heteroatoms. The lowest BCUT2D eigenvalue weighted by Crippen LogP contribution is -2.28. The van der Waals surface area contributed by atoms with Crippen LogP contribution in [0.15, 0.2) is 11.8 Å². The molecule has 0 atom stereocenters. The first-order chi connectivity index (χ1) is 6.24. The molecule has 1 nitrogen and oxygen atoms in total. The Kier molecular flexibility index (Phi) is 7.29. The highest BCUT2D eigenvalue weighted by Gasteiger charge is 2.22. The molecule has 0 aromatic rings. The number of rotatable bonds is 7. The second kappa shape index (κ2) is 7.33. The van der Waals surface area contributed by atoms with Crippen LogP contribution < -0.4 is 5.73 Å². The summed E-state index contributed by atoms with van der Waals surface area (Å²) < 4.78 is 0. The van der Waals surface area contributed by atoms with E-state index in [1.54, 1.807) is 0 Å². The molecule has 0 aliphatic heterocycles. The van der Waals surface area contributed by atoms with E-state index >= 15 is 0 Å². The zero-order valence-corrected chi connectivity index (χ0v) is 10.5. The largest absolute Gasteiger partial charge is 0.330 e. The van der Waals surface area contributed by atoms with E-state index in [0.717, 1.165) is 13.0 Å². The van der Waals surface area contributed by atoms with Crippen LogP contribution in [-0.4, -0.2) is 14.6 Å². The quantitative estimate of drug-likeness (QED) is 0.494. The predicted molar refractivity (Wildman–Crippen MR) is 64.6 cm³/mol. The summed E-state index contributed by atoms with van der Waals surface area (Å²) in [5, 5.41) is 0. The van der Waals surface area contributed by atoms with Gasteiger partial charge in [-0.1, -0.05) is 50.7 Å². The van der Waals surface area contributed by atoms with Crippen LogP contribution in [0.4, 0.5) is 0 Å². The summed E-state index contributed by atoms with van der Waals surface area (Å²) in [4.78, 5) is 0. The van der Waals surface area contributed by atoms with Crippen LogP contribution in [-0.2, 0) is 0 Å². The van der Waals surface area contributed by atoms with Gasteiger partial charge in [0.05, 0.1) is 8.07 Å². The minimum atomic E-state index is -0.989. The molecular weight excluding hydrogens is 174 g/mol. The van der Waals surface area contributed by atoms with E-state index < -0.39 is 8.07 Å². The van der Waals surface area contributed by atoms with Gasteiger partial charge in [0.25, 0.3) is 0 Å². The summed E-state index contributed by atoms with van der Waals surface area (Å²) in [6.45, 7) is 7.84. The van der Waals surface area contributed by atoms with Gasteiger partial charge in [-0.15, -0.1) is 0 Å². The maximum absolute atomic E-state index is 5.45. The maximum Gasteiger partial charge on any atom is 0.0766 e. The summed E-state index contributed by atoms with van der Waals surface area (Å²) in [5.74, 6) is 0. The summed E-state index contributed by atoms with van der Waals surface area (Å²) >= 11 is 0. The molecule has 0 heterocycles. The van der Waals surface area contributed by atoms with Gasteiger partial charge in [0, 0.05) is 0 Å². The first-order valence-corrected chi connectivity index (χ1v) is 8.32. The van der Waals surface area contributed by atoms with E-state index in [0.29, 0.717) is 0 Å². The fraction of sp³-hybridized carbons (Fsp3) is 0.818. The summed E-state index contributed by atoms with van der Waals surface area (Å²) in [6.07, 6.45) is 4.68. The standard InChI is InChI=1S/C11H25NSi/c1-4-13(5-2,6-3)11-9-7-8-10-12/h9,11H,4-8,10,12H2,1-3H3/b11-9+. The zero-order chi connectivity index (χ0) is 10.2. The predicted octanol–water partition coefficient (Wildman–Crippen LogP) is 3.33. The Morgan fingerprint density at radius 3 is 2.00 bits per heavy atom. The van der Waals surface area contributed by atoms with E-state index in [-0.39, 0.29) is 0 Å². The van der Waals surface area contributed by atoms with Crippen LogP contribution in [0.25, 0.3) is 0 Å². The van der Waals surface area contributed by atoms with Crippen molar-refractivity contribution in [2.45, 2.75) is 51.7 Å². The molecule has 0 saturated heterocycles. The number of hydrogen-bond donors (Lipinski definition) is 1. The Hall–Kier alpha value is -0.0831. The Balaban J connectivity index is 4.00. The van der Waals surface area contributed by atoms with Crippen molar-refractivity contribution in [2.24, 2.45) is 5.73 Å². The normalized spacial score (nSPS) is 12.6. The highest BCUT2D eigenvalue weighted by molar-refractivity contribution is 6.84. The second-order valence-corrected chi connectivity index (χ2v) is 8.94. The van der Waals surface area contributed by atoms with E-state index in [1.165, 1.54) is 24.6 Å². The number of hydrogen-bond acceptors (Lipinski definition) is 1. The van der Waals surface area contributed by atoms with Gasteiger partial charge < -0.3 is 5.73 Å². The van der Waals surface area contributed by atoms with Crippen molar-refractivity contribution in [1.82, 2.24) is 0 Å². The van der Waals surface area contributed by atoms with Gasteiger partial charge in [-0.3, -0.25) is 0 Å². The van der Waals surface area contributed by atoms with E-state index in [4.69, 9.17) is 5.73 Å². The number of allylic oxidation sites excluding steroid dienone is 1. The highest BCUT2D eigenvalue weighted by Crippen LogP contribution is 2.21. The molecule has 0 aliphatic rings. The molecular formula is C11H25NSi. The Morgan fingerprint density at radius 2 is 1.62 bits per heavy atom. The molecule has 0 rings (SSSR count). The molecule has 13 heavy (non-hydrogen) atoms. The van der Waals surface area contributed by atoms with Crippen molar-refractivity contribution in [3.8, 4) is 0 Å². The van der Waals surface area contributed by atoms with Crippen molar-refractivity contribution in [3.05, 3.63) is 11.8 Å².